The van der Waals surface area contributed by atoms with Crippen LogP contribution in [-0.4, -0.2) is 30.4 Å². The van der Waals surface area contributed by atoms with Gasteiger partial charge in [-0.15, -0.1) is 0 Å². The van der Waals surface area contributed by atoms with Crippen molar-refractivity contribution >= 4 is 21.6 Å². The number of aromatic nitrogens is 2. The van der Waals surface area contributed by atoms with E-state index in [1.807, 2.05) is 73.8 Å². The second-order valence-electron chi connectivity index (χ2n) is 7.76. The van der Waals surface area contributed by atoms with Crippen molar-refractivity contribution in [2.24, 2.45) is 0 Å². The number of benzene rings is 3. The lowest BCUT2D eigenvalue weighted by Gasteiger charge is -2.12. The van der Waals surface area contributed by atoms with E-state index in [4.69, 9.17) is 5.10 Å². The molecule has 0 unspecified atom stereocenters. The van der Waals surface area contributed by atoms with E-state index < -0.39 is 10.0 Å². The van der Waals surface area contributed by atoms with Gasteiger partial charge >= 0.3 is 0 Å². The summed E-state index contributed by atoms with van der Waals surface area (Å²) in [6.07, 6.45) is 2.95. The molecule has 0 spiro atoms. The first kappa shape index (κ1) is 22.3. The normalized spacial score (nSPS) is 11.2. The maximum Gasteiger partial charge on any atom is 0.253 e. The van der Waals surface area contributed by atoms with Crippen LogP contribution in [0.3, 0.4) is 0 Å². The second kappa shape index (κ2) is 9.30. The topological polar surface area (TPSA) is 93.1 Å². The highest BCUT2D eigenvalue weighted by molar-refractivity contribution is 7.92. The first-order valence-electron chi connectivity index (χ1n) is 10.4. The van der Waals surface area contributed by atoms with E-state index in [0.717, 1.165) is 34.3 Å². The lowest BCUT2D eigenvalue weighted by Crippen LogP contribution is -2.25. The van der Waals surface area contributed by atoms with Crippen LogP contribution < -0.4 is 10.0 Å². The summed E-state index contributed by atoms with van der Waals surface area (Å²) in [6.45, 7) is 2.07. The number of para-hydroxylation sites is 1. The summed E-state index contributed by atoms with van der Waals surface area (Å²) < 4.78 is 27.6. The van der Waals surface area contributed by atoms with E-state index in [-0.39, 0.29) is 23.7 Å². The highest BCUT2D eigenvalue weighted by Gasteiger charge is 2.17. The molecule has 0 bridgehead atoms. The Morgan fingerprint density at radius 1 is 0.970 bits per heavy atom. The molecule has 4 aromatic rings. The summed E-state index contributed by atoms with van der Waals surface area (Å²) in [5, 5.41) is 7.67. The van der Waals surface area contributed by atoms with Crippen molar-refractivity contribution in [3.8, 4) is 16.9 Å². The average molecular weight is 461 g/mol. The summed E-state index contributed by atoms with van der Waals surface area (Å²) >= 11 is 0. The molecule has 0 aliphatic heterocycles. The van der Waals surface area contributed by atoms with E-state index in [1.54, 1.807) is 22.9 Å². The van der Waals surface area contributed by atoms with Gasteiger partial charge in [0.15, 0.2) is 0 Å². The minimum Gasteiger partial charge on any atom is -0.348 e. The van der Waals surface area contributed by atoms with E-state index in [2.05, 4.69) is 10.0 Å². The van der Waals surface area contributed by atoms with Gasteiger partial charge in [0.2, 0.25) is 10.0 Å². The van der Waals surface area contributed by atoms with Crippen LogP contribution in [0.25, 0.3) is 16.9 Å². The summed E-state index contributed by atoms with van der Waals surface area (Å²) in [5.41, 5.74) is 4.79. The van der Waals surface area contributed by atoms with Crippen LogP contribution >= 0.6 is 0 Å². The molecule has 0 radical (unpaired) electrons. The zero-order chi connectivity index (χ0) is 23.4. The number of carbonyl (C=O) groups excluding carboxylic acids is 1. The van der Waals surface area contributed by atoms with E-state index in [1.165, 1.54) is 0 Å². The Bertz CT molecular complexity index is 1380. The molecule has 1 amide bonds. The Labute approximate surface area is 193 Å². The number of amides is 1. The first-order valence-corrected chi connectivity index (χ1v) is 12.3. The number of nitrogens with zero attached hydrogens (tertiary/aromatic N) is 2. The lowest BCUT2D eigenvalue weighted by atomic mass is 10.1. The summed E-state index contributed by atoms with van der Waals surface area (Å²) in [6, 6.07) is 24.5. The Kier molecular flexibility index (Phi) is 6.28. The third kappa shape index (κ3) is 5.48. The van der Waals surface area contributed by atoms with Crippen molar-refractivity contribution < 1.29 is 13.2 Å². The van der Waals surface area contributed by atoms with E-state index in [0.29, 0.717) is 0 Å². The van der Waals surface area contributed by atoms with Crippen LogP contribution in [0.15, 0.2) is 85.1 Å². The number of sulfonamides is 1. The van der Waals surface area contributed by atoms with Gasteiger partial charge < -0.3 is 5.32 Å². The van der Waals surface area contributed by atoms with Crippen molar-refractivity contribution in [3.63, 3.8) is 0 Å². The standard InChI is InChI=1S/C25H24N4O3S/c1-18-13-14-23(28-33(2,31)32)22(15-18)25(30)26-16-20-17-29(21-11-7-4-8-12-21)27-24(20)19-9-5-3-6-10-19/h3-15,17,28H,16H2,1-2H3,(H,26,30). The van der Waals surface area contributed by atoms with Gasteiger partial charge in [-0.25, -0.2) is 13.1 Å². The molecule has 0 aliphatic carbocycles. The van der Waals surface area contributed by atoms with Crippen LogP contribution in [0.4, 0.5) is 5.69 Å². The molecular weight excluding hydrogens is 436 g/mol. The SMILES string of the molecule is Cc1ccc(NS(C)(=O)=O)c(C(=O)NCc2cn(-c3ccccc3)nc2-c2ccccc2)c1. The predicted octanol–water partition coefficient (Wildman–Crippen LogP) is 4.15. The number of nitrogens with one attached hydrogen (secondary N) is 2. The maximum atomic E-state index is 13.0. The highest BCUT2D eigenvalue weighted by Crippen LogP contribution is 2.24. The molecule has 0 atom stereocenters. The van der Waals surface area contributed by atoms with Crippen LogP contribution in [-0.2, 0) is 16.6 Å². The summed E-state index contributed by atoms with van der Waals surface area (Å²) in [4.78, 5) is 13.0. The molecule has 0 saturated carbocycles. The number of anilines is 1. The fourth-order valence-electron chi connectivity index (χ4n) is 3.50. The Morgan fingerprint density at radius 3 is 2.30 bits per heavy atom. The van der Waals surface area contributed by atoms with Crippen LogP contribution in [0, 0.1) is 6.92 Å². The lowest BCUT2D eigenvalue weighted by molar-refractivity contribution is 0.0952. The quantitative estimate of drug-likeness (QED) is 0.433. The smallest absolute Gasteiger partial charge is 0.253 e. The molecule has 8 heteroatoms. The molecule has 1 aromatic heterocycles. The Hall–Kier alpha value is -3.91. The second-order valence-corrected chi connectivity index (χ2v) is 9.50. The number of rotatable bonds is 7. The van der Waals surface area contributed by atoms with E-state index in [9.17, 15) is 13.2 Å². The molecule has 4 rings (SSSR count). The third-order valence-corrected chi connectivity index (χ3v) is 5.60. The molecule has 0 fully saturated rings. The van der Waals surface area contributed by atoms with Crippen molar-refractivity contribution in [1.29, 1.82) is 0 Å². The molecule has 0 aliphatic rings. The Balaban J connectivity index is 1.64. The van der Waals surface area contributed by atoms with Crippen molar-refractivity contribution in [3.05, 3.63) is 102 Å². The van der Waals surface area contributed by atoms with Crippen molar-refractivity contribution in [1.82, 2.24) is 15.1 Å². The highest BCUT2D eigenvalue weighted by atomic mass is 32.2. The van der Waals surface area contributed by atoms with E-state index >= 15 is 0 Å². The zero-order valence-electron chi connectivity index (χ0n) is 18.3. The minimum atomic E-state index is -3.53. The maximum absolute atomic E-state index is 13.0. The number of hydrogen-bond donors (Lipinski definition) is 2. The molecule has 0 saturated heterocycles. The van der Waals surface area contributed by atoms with Gasteiger partial charge in [-0.3, -0.25) is 9.52 Å². The molecule has 7 nitrogen and oxygen atoms in total. The first-order chi connectivity index (χ1) is 15.8. The Morgan fingerprint density at radius 2 is 1.64 bits per heavy atom. The zero-order valence-corrected chi connectivity index (χ0v) is 19.1. The van der Waals surface area contributed by atoms with Crippen LogP contribution in [0.1, 0.15) is 21.5 Å². The minimum absolute atomic E-state index is 0.224. The van der Waals surface area contributed by atoms with Gasteiger partial charge in [0.05, 0.1) is 28.9 Å². The largest absolute Gasteiger partial charge is 0.348 e. The molecule has 2 N–H and O–H groups in total. The third-order valence-electron chi connectivity index (χ3n) is 5.01. The van der Waals surface area contributed by atoms with Gasteiger partial charge in [0, 0.05) is 23.9 Å². The molecule has 3 aromatic carbocycles. The van der Waals surface area contributed by atoms with Crippen LogP contribution in [0.2, 0.25) is 0 Å². The van der Waals surface area contributed by atoms with Gasteiger partial charge in [0.25, 0.3) is 5.91 Å². The molecule has 168 valence electrons. The number of aryl methyl sites for hydroxylation is 1. The fraction of sp³-hybridized carbons (Fsp3) is 0.120. The molecule has 33 heavy (non-hydrogen) atoms. The predicted molar refractivity (Wildman–Crippen MR) is 130 cm³/mol. The number of hydrogen-bond acceptors (Lipinski definition) is 4. The molecular formula is C25H24N4O3S. The van der Waals surface area contributed by atoms with Gasteiger partial charge in [0.1, 0.15) is 0 Å². The monoisotopic (exact) mass is 460 g/mol. The summed E-state index contributed by atoms with van der Waals surface area (Å²) in [5.74, 6) is -0.378. The fourth-order valence-corrected chi connectivity index (χ4v) is 4.07. The van der Waals surface area contributed by atoms with Gasteiger partial charge in [-0.05, 0) is 31.2 Å². The van der Waals surface area contributed by atoms with Crippen molar-refractivity contribution in [2.75, 3.05) is 11.0 Å². The van der Waals surface area contributed by atoms with Gasteiger partial charge in [-0.2, -0.15) is 5.10 Å². The van der Waals surface area contributed by atoms with Gasteiger partial charge in [-0.1, -0.05) is 60.2 Å². The average Bonchev–Trinajstić information content (AvgIpc) is 3.23. The molecule has 1 heterocycles. The van der Waals surface area contributed by atoms with Crippen LogP contribution in [0.5, 0.6) is 0 Å². The van der Waals surface area contributed by atoms with Crippen molar-refractivity contribution in [2.45, 2.75) is 13.5 Å². The number of carbonyl (C=O) groups is 1. The summed E-state index contributed by atoms with van der Waals surface area (Å²) in [7, 11) is -3.53.